The average molecular weight is 615 g/mol. The molecule has 1 aliphatic rings. The first-order valence-corrected chi connectivity index (χ1v) is 13.0. The van der Waals surface area contributed by atoms with E-state index in [2.05, 4.69) is 33.0 Å². The molecule has 37 heavy (non-hydrogen) atoms. The van der Waals surface area contributed by atoms with E-state index in [1.54, 1.807) is 42.5 Å². The summed E-state index contributed by atoms with van der Waals surface area (Å²) in [5.74, 6) is -0.925. The van der Waals surface area contributed by atoms with Crippen molar-refractivity contribution in [2.45, 2.75) is 45.3 Å². The number of alkyl carbamates (subject to hydrolysis) is 1. The number of piperidine rings is 1. The van der Waals surface area contributed by atoms with Crippen LogP contribution in [-0.2, 0) is 4.74 Å². The van der Waals surface area contributed by atoms with Crippen LogP contribution in [0.2, 0.25) is 0 Å². The number of ether oxygens (including phenoxy) is 1. The summed E-state index contributed by atoms with van der Waals surface area (Å²) in [4.78, 5) is 27.4. The normalized spacial score (nSPS) is 15.7. The van der Waals surface area contributed by atoms with Crippen molar-refractivity contribution in [2.24, 2.45) is 0 Å². The molecule has 1 N–H and O–H groups in total. The maximum absolute atomic E-state index is 14.5. The largest absolute Gasteiger partial charge is 0.444 e. The van der Waals surface area contributed by atoms with Gasteiger partial charge in [-0.2, -0.15) is 10.4 Å². The molecule has 1 fully saturated rings. The molecule has 1 aliphatic heterocycles. The third-order valence-corrected chi connectivity index (χ3v) is 6.53. The van der Waals surface area contributed by atoms with Crippen LogP contribution >= 0.6 is 22.6 Å². The number of hydrogen-bond acceptors (Lipinski definition) is 5. The Labute approximate surface area is 228 Å². The van der Waals surface area contributed by atoms with E-state index < -0.39 is 17.5 Å². The summed E-state index contributed by atoms with van der Waals surface area (Å²) in [7, 11) is 0. The molecule has 0 radical (unpaired) electrons. The summed E-state index contributed by atoms with van der Waals surface area (Å²) in [6, 6.07) is 15.1. The summed E-state index contributed by atoms with van der Waals surface area (Å²) >= 11 is 2.20. The minimum atomic E-state index is -0.643. The number of likely N-dealkylation sites (tertiary alicyclic amines) is 1. The molecular formula is C27H27FIN5O3. The second kappa shape index (κ2) is 10.9. The third-order valence-electron chi connectivity index (χ3n) is 5.81. The summed E-state index contributed by atoms with van der Waals surface area (Å²) in [6.07, 6.45) is 0.938. The Morgan fingerprint density at radius 1 is 1.19 bits per heavy atom. The molecule has 2 amide bonds. The van der Waals surface area contributed by atoms with Gasteiger partial charge in [-0.1, -0.05) is 6.07 Å². The van der Waals surface area contributed by atoms with Crippen molar-refractivity contribution in [1.82, 2.24) is 20.0 Å². The summed E-state index contributed by atoms with van der Waals surface area (Å²) in [5.41, 5.74) is 1.26. The highest BCUT2D eigenvalue weighted by atomic mass is 127. The lowest BCUT2D eigenvalue weighted by Gasteiger charge is -2.33. The molecule has 1 saturated heterocycles. The highest BCUT2D eigenvalue weighted by Crippen LogP contribution is 2.27. The Kier molecular flexibility index (Phi) is 7.82. The van der Waals surface area contributed by atoms with Crippen molar-refractivity contribution in [3.63, 3.8) is 0 Å². The number of hydrogen-bond donors (Lipinski definition) is 1. The number of carbonyl (C=O) groups excluding carboxylic acids is 2. The van der Waals surface area contributed by atoms with Crippen molar-refractivity contribution < 1.29 is 18.7 Å². The van der Waals surface area contributed by atoms with E-state index in [0.29, 0.717) is 30.0 Å². The predicted octanol–water partition coefficient (Wildman–Crippen LogP) is 5.28. The Morgan fingerprint density at radius 2 is 1.92 bits per heavy atom. The van der Waals surface area contributed by atoms with Gasteiger partial charge in [0.15, 0.2) is 5.69 Å². The van der Waals surface area contributed by atoms with Gasteiger partial charge in [-0.25, -0.2) is 13.9 Å². The molecule has 0 aliphatic carbocycles. The lowest BCUT2D eigenvalue weighted by Crippen LogP contribution is -2.50. The molecule has 2 aromatic carbocycles. The molecule has 1 atom stereocenters. The fourth-order valence-electron chi connectivity index (χ4n) is 4.15. The van der Waals surface area contributed by atoms with Gasteiger partial charge in [0.2, 0.25) is 0 Å². The Balaban J connectivity index is 1.62. The zero-order valence-corrected chi connectivity index (χ0v) is 23.0. The third kappa shape index (κ3) is 6.46. The number of rotatable bonds is 4. The SMILES string of the molecule is CC(C)(C)OC(=O)N[C@@H]1CCCN(C(=O)c2cc(-c3ccc(C#N)c(F)c3)n(-c3ccc(I)cc3)n2)C1. The number of carbonyl (C=O) groups is 2. The van der Waals surface area contributed by atoms with Crippen LogP contribution in [0.1, 0.15) is 49.7 Å². The number of halogens is 2. The van der Waals surface area contributed by atoms with Gasteiger partial charge in [-0.05, 0) is 98.7 Å². The molecule has 0 bridgehead atoms. The standard InChI is InChI=1S/C27H27FIN5O3/c1-27(2,3)37-26(36)31-20-5-4-12-33(16-20)25(35)23-14-24(17-6-7-18(15-30)22(28)13-17)34(32-23)21-10-8-19(29)9-11-21/h6-11,13-14,20H,4-5,12,16H2,1-3H3,(H,31,36)/t20-/m1/s1. The lowest BCUT2D eigenvalue weighted by atomic mass is 10.1. The highest BCUT2D eigenvalue weighted by molar-refractivity contribution is 14.1. The van der Waals surface area contributed by atoms with Crippen molar-refractivity contribution in [3.8, 4) is 23.0 Å². The monoisotopic (exact) mass is 615 g/mol. The van der Waals surface area contributed by atoms with Crippen LogP contribution < -0.4 is 5.32 Å². The molecule has 0 spiro atoms. The van der Waals surface area contributed by atoms with Crippen LogP contribution in [0, 0.1) is 20.7 Å². The predicted molar refractivity (Wildman–Crippen MR) is 145 cm³/mol. The first-order valence-electron chi connectivity index (χ1n) is 11.9. The molecule has 3 aromatic rings. The van der Waals surface area contributed by atoms with E-state index >= 15 is 0 Å². The van der Waals surface area contributed by atoms with Gasteiger partial charge in [-0.3, -0.25) is 4.79 Å². The van der Waals surface area contributed by atoms with Crippen molar-refractivity contribution in [3.05, 3.63) is 69.2 Å². The van der Waals surface area contributed by atoms with E-state index in [1.807, 2.05) is 30.3 Å². The van der Waals surface area contributed by atoms with Crippen molar-refractivity contribution in [2.75, 3.05) is 13.1 Å². The van der Waals surface area contributed by atoms with E-state index in [4.69, 9.17) is 10.00 Å². The second-order valence-electron chi connectivity index (χ2n) is 9.85. The molecule has 0 saturated carbocycles. The zero-order chi connectivity index (χ0) is 26.7. The van der Waals surface area contributed by atoms with Crippen molar-refractivity contribution >= 4 is 34.6 Å². The van der Waals surface area contributed by atoms with Crippen LogP contribution in [0.4, 0.5) is 9.18 Å². The number of aromatic nitrogens is 2. The first kappa shape index (κ1) is 26.6. The quantitative estimate of drug-likeness (QED) is 0.403. The zero-order valence-electron chi connectivity index (χ0n) is 20.8. The van der Waals surface area contributed by atoms with Crippen LogP contribution in [0.15, 0.2) is 48.5 Å². The van der Waals surface area contributed by atoms with Crippen LogP contribution in [-0.4, -0.2) is 51.4 Å². The van der Waals surface area contributed by atoms with Crippen LogP contribution in [0.5, 0.6) is 0 Å². The van der Waals surface area contributed by atoms with Gasteiger partial charge < -0.3 is 15.0 Å². The minimum Gasteiger partial charge on any atom is -0.444 e. The fraction of sp³-hybridized carbons (Fsp3) is 0.333. The summed E-state index contributed by atoms with van der Waals surface area (Å²) in [6.45, 7) is 6.25. The van der Waals surface area contributed by atoms with Gasteiger partial charge >= 0.3 is 6.09 Å². The molecule has 8 nitrogen and oxygen atoms in total. The highest BCUT2D eigenvalue weighted by Gasteiger charge is 2.29. The van der Waals surface area contributed by atoms with Gasteiger partial charge in [0.05, 0.1) is 16.9 Å². The number of nitriles is 1. The molecule has 1 aromatic heterocycles. The van der Waals surface area contributed by atoms with E-state index in [1.165, 1.54) is 12.1 Å². The number of benzene rings is 2. The maximum Gasteiger partial charge on any atom is 0.407 e. The van der Waals surface area contributed by atoms with E-state index in [-0.39, 0.29) is 23.2 Å². The first-order chi connectivity index (χ1) is 17.5. The van der Waals surface area contributed by atoms with E-state index in [0.717, 1.165) is 16.4 Å². The smallest absolute Gasteiger partial charge is 0.407 e. The van der Waals surface area contributed by atoms with E-state index in [9.17, 15) is 14.0 Å². The second-order valence-corrected chi connectivity index (χ2v) is 11.1. The molecule has 2 heterocycles. The molecule has 0 unspecified atom stereocenters. The number of nitrogens with one attached hydrogen (secondary N) is 1. The Morgan fingerprint density at radius 3 is 2.57 bits per heavy atom. The summed E-state index contributed by atoms with van der Waals surface area (Å²) in [5, 5.41) is 16.5. The Bertz CT molecular complexity index is 1360. The van der Waals surface area contributed by atoms with Gasteiger partial charge in [0, 0.05) is 28.3 Å². The minimum absolute atomic E-state index is 0.0581. The summed E-state index contributed by atoms with van der Waals surface area (Å²) < 4.78 is 22.4. The number of nitrogens with zero attached hydrogens (tertiary/aromatic N) is 4. The lowest BCUT2D eigenvalue weighted by molar-refractivity contribution is 0.0451. The molecule has 4 rings (SSSR count). The maximum atomic E-state index is 14.5. The number of amides is 2. The Hall–Kier alpha value is -3.46. The fourth-order valence-corrected chi connectivity index (χ4v) is 4.51. The topological polar surface area (TPSA) is 100 Å². The molecular weight excluding hydrogens is 588 g/mol. The molecule has 10 heteroatoms. The van der Waals surface area contributed by atoms with Crippen molar-refractivity contribution in [1.29, 1.82) is 5.26 Å². The van der Waals surface area contributed by atoms with Gasteiger partial charge in [-0.15, -0.1) is 0 Å². The average Bonchev–Trinajstić information content (AvgIpc) is 3.28. The van der Waals surface area contributed by atoms with Crippen LogP contribution in [0.25, 0.3) is 16.9 Å². The molecule has 192 valence electrons. The van der Waals surface area contributed by atoms with Gasteiger partial charge in [0.25, 0.3) is 5.91 Å². The van der Waals surface area contributed by atoms with Crippen LogP contribution in [0.3, 0.4) is 0 Å². The van der Waals surface area contributed by atoms with Gasteiger partial charge in [0.1, 0.15) is 17.5 Å².